The minimum absolute atomic E-state index is 0.227. The summed E-state index contributed by atoms with van der Waals surface area (Å²) in [5.74, 6) is 0.217. The molecule has 0 amide bonds. The first-order chi connectivity index (χ1) is 13.1. The molecular weight excluding hydrogens is 340 g/mol. The van der Waals surface area contributed by atoms with E-state index in [-0.39, 0.29) is 5.56 Å². The number of carbonyl (C=O) groups is 1. The number of hydrogen-bond donors (Lipinski definition) is 3. The van der Waals surface area contributed by atoms with Crippen LogP contribution in [0.3, 0.4) is 0 Å². The van der Waals surface area contributed by atoms with Gasteiger partial charge < -0.3 is 15.7 Å². The summed E-state index contributed by atoms with van der Waals surface area (Å²) < 4.78 is 0. The van der Waals surface area contributed by atoms with E-state index < -0.39 is 5.97 Å². The highest BCUT2D eigenvalue weighted by Gasteiger charge is 2.06. The van der Waals surface area contributed by atoms with Crippen LogP contribution in [0.5, 0.6) is 0 Å². The van der Waals surface area contributed by atoms with Gasteiger partial charge in [0.2, 0.25) is 5.95 Å². The molecule has 6 nitrogen and oxygen atoms in total. The summed E-state index contributed by atoms with van der Waals surface area (Å²) in [6.45, 7) is 2.67. The van der Waals surface area contributed by atoms with Gasteiger partial charge in [0.25, 0.3) is 0 Å². The van der Waals surface area contributed by atoms with Gasteiger partial charge in [-0.25, -0.2) is 9.78 Å². The molecule has 138 valence electrons. The lowest BCUT2D eigenvalue weighted by Gasteiger charge is -2.10. The smallest absolute Gasteiger partial charge is 0.335 e. The van der Waals surface area contributed by atoms with Crippen LogP contribution in [0.25, 0.3) is 0 Å². The Balaban J connectivity index is 1.60. The number of nitrogens with zero attached hydrogens (tertiary/aromatic N) is 2. The third-order valence-electron chi connectivity index (χ3n) is 4.00. The summed E-state index contributed by atoms with van der Waals surface area (Å²) >= 11 is 0. The molecule has 27 heavy (non-hydrogen) atoms. The fourth-order valence-electron chi connectivity index (χ4n) is 2.73. The number of aromatic carboxylic acids is 1. The molecule has 1 aromatic heterocycles. The van der Waals surface area contributed by atoms with Crippen molar-refractivity contribution in [3.63, 3.8) is 0 Å². The number of benzene rings is 2. The summed E-state index contributed by atoms with van der Waals surface area (Å²) in [5, 5.41) is 15.5. The van der Waals surface area contributed by atoms with E-state index in [0.717, 1.165) is 25.1 Å². The Labute approximate surface area is 158 Å². The predicted octanol–water partition coefficient (Wildman–Crippen LogP) is 4.27. The highest BCUT2D eigenvalue weighted by atomic mass is 16.4. The average Bonchev–Trinajstić information content (AvgIpc) is 2.66. The number of aryl methyl sites for hydroxylation is 2. The molecule has 0 aliphatic carbocycles. The molecule has 0 fully saturated rings. The Bertz CT molecular complexity index is 913. The van der Waals surface area contributed by atoms with Crippen molar-refractivity contribution in [2.24, 2.45) is 0 Å². The lowest BCUT2D eigenvalue weighted by atomic mass is 10.1. The fourth-order valence-corrected chi connectivity index (χ4v) is 2.73. The molecule has 3 aromatic rings. The molecule has 3 rings (SSSR count). The monoisotopic (exact) mass is 362 g/mol. The van der Waals surface area contributed by atoms with E-state index in [1.54, 1.807) is 24.3 Å². The Kier molecular flexibility index (Phi) is 5.99. The molecule has 0 saturated carbocycles. The first kappa shape index (κ1) is 18.4. The van der Waals surface area contributed by atoms with Gasteiger partial charge in [0.05, 0.1) is 5.56 Å². The van der Waals surface area contributed by atoms with Crippen molar-refractivity contribution < 1.29 is 9.90 Å². The number of hydrogen-bond acceptors (Lipinski definition) is 5. The van der Waals surface area contributed by atoms with Gasteiger partial charge in [0.15, 0.2) is 0 Å². The van der Waals surface area contributed by atoms with Gasteiger partial charge in [0.1, 0.15) is 5.82 Å². The number of aromatic nitrogens is 2. The average molecular weight is 362 g/mol. The maximum absolute atomic E-state index is 11.1. The van der Waals surface area contributed by atoms with Crippen LogP contribution >= 0.6 is 0 Å². The van der Waals surface area contributed by atoms with Crippen molar-refractivity contribution in [1.29, 1.82) is 0 Å². The molecule has 2 aromatic carbocycles. The quantitative estimate of drug-likeness (QED) is 0.519. The highest BCUT2D eigenvalue weighted by molar-refractivity contribution is 5.89. The Morgan fingerprint density at radius 1 is 1.04 bits per heavy atom. The molecule has 1 heterocycles. The van der Waals surface area contributed by atoms with Gasteiger partial charge in [-0.3, -0.25) is 0 Å². The van der Waals surface area contributed by atoms with E-state index in [4.69, 9.17) is 5.11 Å². The molecule has 6 heteroatoms. The minimum atomic E-state index is -0.960. The standard InChI is InChI=1S/C21H22N4O2/c1-15-13-19(24-18-11-5-10-17(14-18)20(26)27)25-21(23-15)22-12-6-9-16-7-3-2-4-8-16/h2-5,7-8,10-11,13-14H,6,9,12H2,1H3,(H,26,27)(H2,22,23,24,25). The second kappa shape index (κ2) is 8.80. The summed E-state index contributed by atoms with van der Waals surface area (Å²) in [5.41, 5.74) is 3.03. The molecule has 0 unspecified atom stereocenters. The highest BCUT2D eigenvalue weighted by Crippen LogP contribution is 2.18. The molecule has 3 N–H and O–H groups in total. The number of carboxylic acid groups (broad SMARTS) is 1. The Morgan fingerprint density at radius 3 is 2.63 bits per heavy atom. The molecule has 0 spiro atoms. The predicted molar refractivity (Wildman–Crippen MR) is 107 cm³/mol. The topological polar surface area (TPSA) is 87.1 Å². The summed E-state index contributed by atoms with van der Waals surface area (Å²) in [6, 6.07) is 18.8. The number of carboxylic acids is 1. The maximum atomic E-state index is 11.1. The lowest BCUT2D eigenvalue weighted by molar-refractivity contribution is 0.0697. The molecule has 0 saturated heterocycles. The maximum Gasteiger partial charge on any atom is 0.335 e. The number of rotatable bonds is 8. The van der Waals surface area contributed by atoms with Gasteiger partial charge in [0, 0.05) is 24.0 Å². The van der Waals surface area contributed by atoms with Gasteiger partial charge in [-0.1, -0.05) is 36.4 Å². The first-order valence-electron chi connectivity index (χ1n) is 8.84. The largest absolute Gasteiger partial charge is 0.478 e. The molecule has 0 radical (unpaired) electrons. The lowest BCUT2D eigenvalue weighted by Crippen LogP contribution is -2.08. The third kappa shape index (κ3) is 5.54. The molecule has 0 aliphatic rings. The van der Waals surface area contributed by atoms with Crippen molar-refractivity contribution in [3.05, 3.63) is 77.5 Å². The van der Waals surface area contributed by atoms with E-state index in [0.29, 0.717) is 17.5 Å². The SMILES string of the molecule is Cc1cc(Nc2cccc(C(=O)O)c2)nc(NCCCc2ccccc2)n1. The van der Waals surface area contributed by atoms with E-state index in [9.17, 15) is 4.79 Å². The van der Waals surface area contributed by atoms with Crippen molar-refractivity contribution in [1.82, 2.24) is 9.97 Å². The van der Waals surface area contributed by atoms with Crippen LogP contribution in [-0.2, 0) is 6.42 Å². The van der Waals surface area contributed by atoms with E-state index in [2.05, 4.69) is 32.7 Å². The second-order valence-corrected chi connectivity index (χ2v) is 6.25. The van der Waals surface area contributed by atoms with Crippen LogP contribution in [0.1, 0.15) is 28.0 Å². The van der Waals surface area contributed by atoms with Crippen molar-refractivity contribution in [2.45, 2.75) is 19.8 Å². The summed E-state index contributed by atoms with van der Waals surface area (Å²) in [7, 11) is 0. The zero-order valence-corrected chi connectivity index (χ0v) is 15.1. The zero-order valence-electron chi connectivity index (χ0n) is 15.1. The Hall–Kier alpha value is -3.41. The first-order valence-corrected chi connectivity index (χ1v) is 8.84. The molecular formula is C21H22N4O2. The Morgan fingerprint density at radius 2 is 1.85 bits per heavy atom. The van der Waals surface area contributed by atoms with Crippen LogP contribution in [0.15, 0.2) is 60.7 Å². The summed E-state index contributed by atoms with van der Waals surface area (Å²) in [6.07, 6.45) is 1.97. The van der Waals surface area contributed by atoms with Crippen molar-refractivity contribution in [2.75, 3.05) is 17.2 Å². The van der Waals surface area contributed by atoms with Crippen LogP contribution in [0.4, 0.5) is 17.5 Å². The van der Waals surface area contributed by atoms with Crippen molar-refractivity contribution >= 4 is 23.4 Å². The normalized spacial score (nSPS) is 10.4. The molecule has 0 bridgehead atoms. The van der Waals surface area contributed by atoms with Crippen LogP contribution < -0.4 is 10.6 Å². The fraction of sp³-hybridized carbons (Fsp3) is 0.190. The number of nitrogens with one attached hydrogen (secondary N) is 2. The van der Waals surface area contributed by atoms with Gasteiger partial charge >= 0.3 is 5.97 Å². The van der Waals surface area contributed by atoms with Gasteiger partial charge in [-0.15, -0.1) is 0 Å². The molecule has 0 atom stereocenters. The zero-order chi connectivity index (χ0) is 19.1. The van der Waals surface area contributed by atoms with Crippen LogP contribution in [-0.4, -0.2) is 27.6 Å². The van der Waals surface area contributed by atoms with Crippen LogP contribution in [0, 0.1) is 6.92 Å². The molecule has 0 aliphatic heterocycles. The van der Waals surface area contributed by atoms with E-state index >= 15 is 0 Å². The minimum Gasteiger partial charge on any atom is -0.478 e. The van der Waals surface area contributed by atoms with Gasteiger partial charge in [-0.2, -0.15) is 4.98 Å². The summed E-state index contributed by atoms with van der Waals surface area (Å²) in [4.78, 5) is 20.0. The second-order valence-electron chi connectivity index (χ2n) is 6.25. The van der Waals surface area contributed by atoms with Crippen LogP contribution in [0.2, 0.25) is 0 Å². The van der Waals surface area contributed by atoms with Gasteiger partial charge in [-0.05, 0) is 43.5 Å². The third-order valence-corrected chi connectivity index (χ3v) is 4.00. The van der Waals surface area contributed by atoms with E-state index in [1.165, 1.54) is 5.56 Å². The number of anilines is 3. The van der Waals surface area contributed by atoms with Crippen molar-refractivity contribution in [3.8, 4) is 0 Å². The van der Waals surface area contributed by atoms with E-state index in [1.807, 2.05) is 31.2 Å².